The standard InChI is InChI=1S/C21H14ClN3OS/c1-12-17-20-16(18(26)19(27-20)13-7-9-14(22)10-8-13)11-23-21(17)25(24-12)15-5-3-2-4-6-15/h2-11,26H,1H3. The van der Waals surface area contributed by atoms with Gasteiger partial charge < -0.3 is 5.11 Å². The second-order valence-electron chi connectivity index (χ2n) is 6.32. The number of halogens is 1. The molecular weight excluding hydrogens is 378 g/mol. The highest BCUT2D eigenvalue weighted by molar-refractivity contribution is 7.23. The number of benzene rings is 2. The van der Waals surface area contributed by atoms with Gasteiger partial charge >= 0.3 is 0 Å². The van der Waals surface area contributed by atoms with Crippen molar-refractivity contribution in [2.24, 2.45) is 0 Å². The molecule has 1 N–H and O–H groups in total. The van der Waals surface area contributed by atoms with Gasteiger partial charge in [-0.3, -0.25) is 0 Å². The number of fused-ring (bicyclic) bond motifs is 3. The summed E-state index contributed by atoms with van der Waals surface area (Å²) in [6.45, 7) is 1.97. The summed E-state index contributed by atoms with van der Waals surface area (Å²) < 4.78 is 2.84. The first-order chi connectivity index (χ1) is 13.1. The molecule has 0 fully saturated rings. The number of nitrogens with zero attached hydrogens (tertiary/aromatic N) is 3. The molecule has 5 rings (SSSR count). The minimum atomic E-state index is 0.249. The molecule has 0 bridgehead atoms. The van der Waals surface area contributed by atoms with Gasteiger partial charge in [-0.1, -0.05) is 41.9 Å². The van der Waals surface area contributed by atoms with E-state index in [1.165, 1.54) is 0 Å². The fraction of sp³-hybridized carbons (Fsp3) is 0.0476. The van der Waals surface area contributed by atoms with E-state index in [-0.39, 0.29) is 5.75 Å². The van der Waals surface area contributed by atoms with E-state index in [1.54, 1.807) is 17.5 Å². The Hall–Kier alpha value is -2.89. The average molecular weight is 392 g/mol. The van der Waals surface area contributed by atoms with E-state index >= 15 is 0 Å². The molecule has 0 unspecified atom stereocenters. The molecule has 3 heterocycles. The number of aromatic nitrogens is 3. The van der Waals surface area contributed by atoms with Crippen molar-refractivity contribution in [3.63, 3.8) is 0 Å². The summed E-state index contributed by atoms with van der Waals surface area (Å²) in [6.07, 6.45) is 1.73. The van der Waals surface area contributed by atoms with Gasteiger partial charge in [0.15, 0.2) is 5.65 Å². The molecule has 0 aliphatic carbocycles. The first-order valence-corrected chi connectivity index (χ1v) is 9.64. The highest BCUT2D eigenvalue weighted by Crippen LogP contribution is 2.46. The van der Waals surface area contributed by atoms with Gasteiger partial charge in [0, 0.05) is 11.2 Å². The summed E-state index contributed by atoms with van der Waals surface area (Å²) in [5.74, 6) is 0.249. The third-order valence-corrected chi connectivity index (χ3v) is 6.12. The Balaban J connectivity index is 1.80. The normalized spacial score (nSPS) is 11.5. The topological polar surface area (TPSA) is 50.9 Å². The Morgan fingerprint density at radius 2 is 1.78 bits per heavy atom. The first kappa shape index (κ1) is 16.3. The lowest BCUT2D eigenvalue weighted by Gasteiger charge is -2.02. The molecular formula is C21H14ClN3OS. The van der Waals surface area contributed by atoms with Crippen molar-refractivity contribution in [1.29, 1.82) is 0 Å². The van der Waals surface area contributed by atoms with Crippen LogP contribution in [0.5, 0.6) is 5.75 Å². The van der Waals surface area contributed by atoms with E-state index in [2.05, 4.69) is 4.98 Å². The monoisotopic (exact) mass is 391 g/mol. The summed E-state index contributed by atoms with van der Waals surface area (Å²) in [5, 5.41) is 17.9. The molecule has 0 atom stereocenters. The number of aryl methyl sites for hydroxylation is 1. The molecule has 0 saturated heterocycles. The second kappa shape index (κ2) is 6.08. The van der Waals surface area contributed by atoms with Gasteiger partial charge in [-0.2, -0.15) is 5.10 Å². The predicted molar refractivity (Wildman–Crippen MR) is 111 cm³/mol. The van der Waals surface area contributed by atoms with Crippen LogP contribution in [0.1, 0.15) is 5.69 Å². The number of hydrogen-bond acceptors (Lipinski definition) is 4. The van der Waals surface area contributed by atoms with Gasteiger partial charge in [-0.05, 0) is 36.8 Å². The van der Waals surface area contributed by atoms with Gasteiger partial charge in [0.25, 0.3) is 0 Å². The Kier molecular flexibility index (Phi) is 3.67. The maximum atomic E-state index is 10.8. The van der Waals surface area contributed by atoms with Crippen molar-refractivity contribution >= 4 is 44.1 Å². The summed E-state index contributed by atoms with van der Waals surface area (Å²) in [4.78, 5) is 5.42. The molecule has 0 radical (unpaired) electrons. The lowest BCUT2D eigenvalue weighted by molar-refractivity contribution is 0.485. The molecule has 27 heavy (non-hydrogen) atoms. The third kappa shape index (κ3) is 2.51. The van der Waals surface area contributed by atoms with Gasteiger partial charge in [-0.25, -0.2) is 9.67 Å². The van der Waals surface area contributed by atoms with Crippen molar-refractivity contribution in [2.45, 2.75) is 6.92 Å². The smallest absolute Gasteiger partial charge is 0.164 e. The van der Waals surface area contributed by atoms with Crippen LogP contribution in [0, 0.1) is 6.92 Å². The van der Waals surface area contributed by atoms with E-state index in [1.807, 2.05) is 66.2 Å². The molecule has 3 aromatic heterocycles. The van der Waals surface area contributed by atoms with Crippen molar-refractivity contribution < 1.29 is 5.11 Å². The first-order valence-electron chi connectivity index (χ1n) is 8.44. The van der Waals surface area contributed by atoms with Gasteiger partial charge in [0.1, 0.15) is 5.75 Å². The molecule has 0 amide bonds. The van der Waals surface area contributed by atoms with Crippen LogP contribution < -0.4 is 0 Å². The zero-order valence-corrected chi connectivity index (χ0v) is 15.9. The van der Waals surface area contributed by atoms with Crippen molar-refractivity contribution in [3.05, 3.63) is 71.5 Å². The Bertz CT molecular complexity index is 1290. The fourth-order valence-electron chi connectivity index (χ4n) is 3.31. The molecule has 0 spiro atoms. The lowest BCUT2D eigenvalue weighted by atomic mass is 10.1. The Morgan fingerprint density at radius 3 is 2.52 bits per heavy atom. The lowest BCUT2D eigenvalue weighted by Crippen LogP contribution is -1.97. The van der Waals surface area contributed by atoms with Crippen molar-refractivity contribution in [3.8, 4) is 21.9 Å². The van der Waals surface area contributed by atoms with Crippen LogP contribution in [-0.4, -0.2) is 19.9 Å². The maximum Gasteiger partial charge on any atom is 0.164 e. The highest BCUT2D eigenvalue weighted by atomic mass is 35.5. The quantitative estimate of drug-likeness (QED) is 0.403. The van der Waals surface area contributed by atoms with Crippen LogP contribution in [0.2, 0.25) is 5.02 Å². The van der Waals surface area contributed by atoms with Gasteiger partial charge in [-0.15, -0.1) is 11.3 Å². The Labute approximate surface area is 164 Å². The molecule has 2 aromatic carbocycles. The predicted octanol–water partition coefficient (Wildman–Crippen LogP) is 5.97. The number of aromatic hydroxyl groups is 1. The van der Waals surface area contributed by atoms with E-state index in [0.29, 0.717) is 5.02 Å². The molecule has 5 aromatic rings. The van der Waals surface area contributed by atoms with Crippen LogP contribution in [0.3, 0.4) is 0 Å². The summed E-state index contributed by atoms with van der Waals surface area (Å²) >= 11 is 7.55. The fourth-order valence-corrected chi connectivity index (χ4v) is 4.70. The number of pyridine rings is 1. The Morgan fingerprint density at radius 1 is 1.04 bits per heavy atom. The minimum Gasteiger partial charge on any atom is -0.506 e. The van der Waals surface area contributed by atoms with E-state index < -0.39 is 0 Å². The molecule has 0 aliphatic heterocycles. The third-order valence-electron chi connectivity index (χ3n) is 4.61. The average Bonchev–Trinajstić information content (AvgIpc) is 3.21. The van der Waals surface area contributed by atoms with Crippen LogP contribution in [0.4, 0.5) is 0 Å². The zero-order chi connectivity index (χ0) is 18.5. The largest absolute Gasteiger partial charge is 0.506 e. The van der Waals surface area contributed by atoms with Crippen LogP contribution >= 0.6 is 22.9 Å². The van der Waals surface area contributed by atoms with E-state index in [4.69, 9.17) is 16.7 Å². The molecule has 0 aliphatic rings. The van der Waals surface area contributed by atoms with Crippen LogP contribution in [0.15, 0.2) is 60.8 Å². The summed E-state index contributed by atoms with van der Waals surface area (Å²) in [7, 11) is 0. The molecule has 132 valence electrons. The SMILES string of the molecule is Cc1nn(-c2ccccc2)c2ncc3c(O)c(-c4ccc(Cl)cc4)sc3c12. The molecule has 0 saturated carbocycles. The van der Waals surface area contributed by atoms with Crippen LogP contribution in [0.25, 0.3) is 37.2 Å². The minimum absolute atomic E-state index is 0.249. The van der Waals surface area contributed by atoms with E-state index in [9.17, 15) is 5.11 Å². The molecule has 6 heteroatoms. The number of thiophene rings is 1. The van der Waals surface area contributed by atoms with Crippen molar-refractivity contribution in [1.82, 2.24) is 14.8 Å². The highest BCUT2D eigenvalue weighted by Gasteiger charge is 2.20. The van der Waals surface area contributed by atoms with Gasteiger partial charge in [0.05, 0.1) is 31.7 Å². The van der Waals surface area contributed by atoms with Gasteiger partial charge in [0.2, 0.25) is 0 Å². The number of rotatable bonds is 2. The second-order valence-corrected chi connectivity index (χ2v) is 7.78. The number of para-hydroxylation sites is 1. The molecule has 4 nitrogen and oxygen atoms in total. The van der Waals surface area contributed by atoms with E-state index in [0.717, 1.165) is 42.9 Å². The van der Waals surface area contributed by atoms with Crippen LogP contribution in [-0.2, 0) is 0 Å². The van der Waals surface area contributed by atoms with Crippen molar-refractivity contribution in [2.75, 3.05) is 0 Å². The maximum absolute atomic E-state index is 10.8. The number of hydrogen-bond donors (Lipinski definition) is 1. The summed E-state index contributed by atoms with van der Waals surface area (Å²) in [6, 6.07) is 17.4. The summed E-state index contributed by atoms with van der Waals surface area (Å²) in [5.41, 5.74) is 3.56. The zero-order valence-electron chi connectivity index (χ0n) is 14.3.